The third-order valence-electron chi connectivity index (χ3n) is 4.37. The van der Waals surface area contributed by atoms with Gasteiger partial charge in [0.1, 0.15) is 0 Å². The van der Waals surface area contributed by atoms with Crippen molar-refractivity contribution >= 4 is 27.8 Å². The van der Waals surface area contributed by atoms with Crippen LogP contribution in [-0.2, 0) is 6.54 Å². The Morgan fingerprint density at radius 1 is 1.20 bits per heavy atom. The minimum Gasteiger partial charge on any atom is -0.352 e. The second-order valence-corrected chi connectivity index (χ2v) is 6.91. The molecule has 0 saturated carbocycles. The van der Waals surface area contributed by atoms with E-state index in [0.29, 0.717) is 0 Å². The van der Waals surface area contributed by atoms with E-state index in [9.17, 15) is 0 Å². The molecule has 0 unspecified atom stereocenters. The number of piperazine rings is 1. The molecule has 1 saturated heterocycles. The van der Waals surface area contributed by atoms with Crippen molar-refractivity contribution in [1.29, 1.82) is 0 Å². The van der Waals surface area contributed by atoms with Crippen LogP contribution in [0.15, 0.2) is 46.1 Å². The summed E-state index contributed by atoms with van der Waals surface area (Å²) in [4.78, 5) is 17.6. The van der Waals surface area contributed by atoms with Gasteiger partial charge < -0.3 is 15.1 Å². The number of guanidine groups is 1. The van der Waals surface area contributed by atoms with Crippen molar-refractivity contribution in [3.8, 4) is 0 Å². The zero-order valence-corrected chi connectivity index (χ0v) is 16.2. The molecule has 25 heavy (non-hydrogen) atoms. The number of benzene rings is 1. The van der Waals surface area contributed by atoms with Gasteiger partial charge in [-0.3, -0.25) is 4.99 Å². The standard InChI is InChI=1S/C18H23BrN6/c1-14-12-16(19)5-4-15(14)13-23-17(20-2)24-8-10-25(11-9-24)18-21-6-3-7-22-18/h3-7,12H,8-11,13H2,1-2H3,(H,20,23). The Labute approximate surface area is 157 Å². The molecule has 132 valence electrons. The normalized spacial score (nSPS) is 15.4. The molecule has 0 bridgehead atoms. The highest BCUT2D eigenvalue weighted by atomic mass is 79.9. The summed E-state index contributed by atoms with van der Waals surface area (Å²) in [5.41, 5.74) is 2.55. The molecule has 7 heteroatoms. The Morgan fingerprint density at radius 2 is 1.92 bits per heavy atom. The molecule has 0 atom stereocenters. The lowest BCUT2D eigenvalue weighted by Crippen LogP contribution is -2.52. The van der Waals surface area contributed by atoms with E-state index in [1.807, 2.05) is 13.1 Å². The van der Waals surface area contributed by atoms with Gasteiger partial charge in [0.2, 0.25) is 5.95 Å². The topological polar surface area (TPSA) is 56.7 Å². The lowest BCUT2D eigenvalue weighted by atomic mass is 10.1. The number of aromatic nitrogens is 2. The second kappa shape index (κ2) is 8.29. The molecule has 0 amide bonds. The van der Waals surface area contributed by atoms with Crippen molar-refractivity contribution in [1.82, 2.24) is 20.2 Å². The van der Waals surface area contributed by atoms with Crippen LogP contribution < -0.4 is 10.2 Å². The van der Waals surface area contributed by atoms with Crippen molar-refractivity contribution in [2.24, 2.45) is 4.99 Å². The van der Waals surface area contributed by atoms with Gasteiger partial charge in [-0.25, -0.2) is 9.97 Å². The molecule has 1 aliphatic rings. The number of anilines is 1. The highest BCUT2D eigenvalue weighted by molar-refractivity contribution is 9.10. The Morgan fingerprint density at radius 3 is 2.56 bits per heavy atom. The van der Waals surface area contributed by atoms with Crippen molar-refractivity contribution in [2.45, 2.75) is 13.5 Å². The van der Waals surface area contributed by atoms with Crippen LogP contribution in [0.3, 0.4) is 0 Å². The molecule has 2 heterocycles. The molecular weight excluding hydrogens is 380 g/mol. The fraction of sp³-hybridized carbons (Fsp3) is 0.389. The zero-order chi connectivity index (χ0) is 17.6. The Balaban J connectivity index is 1.56. The van der Waals surface area contributed by atoms with Crippen LogP contribution in [0.4, 0.5) is 5.95 Å². The largest absolute Gasteiger partial charge is 0.352 e. The van der Waals surface area contributed by atoms with Gasteiger partial charge in [-0.2, -0.15) is 0 Å². The van der Waals surface area contributed by atoms with E-state index in [1.54, 1.807) is 12.4 Å². The summed E-state index contributed by atoms with van der Waals surface area (Å²) in [5, 5.41) is 3.48. The number of nitrogens with one attached hydrogen (secondary N) is 1. The Hall–Kier alpha value is -2.15. The number of hydrogen-bond acceptors (Lipinski definition) is 4. The van der Waals surface area contributed by atoms with E-state index in [0.717, 1.165) is 49.1 Å². The van der Waals surface area contributed by atoms with E-state index in [1.165, 1.54) is 11.1 Å². The fourth-order valence-corrected chi connectivity index (χ4v) is 3.41. The monoisotopic (exact) mass is 402 g/mol. The van der Waals surface area contributed by atoms with Gasteiger partial charge >= 0.3 is 0 Å². The van der Waals surface area contributed by atoms with Gasteiger partial charge in [-0.05, 0) is 36.2 Å². The molecule has 0 radical (unpaired) electrons. The summed E-state index contributed by atoms with van der Waals surface area (Å²) in [6.07, 6.45) is 3.57. The maximum Gasteiger partial charge on any atom is 0.225 e. The van der Waals surface area contributed by atoms with E-state index in [2.05, 4.69) is 71.1 Å². The molecule has 2 aromatic rings. The van der Waals surface area contributed by atoms with E-state index < -0.39 is 0 Å². The van der Waals surface area contributed by atoms with Gasteiger partial charge in [0, 0.05) is 56.6 Å². The van der Waals surface area contributed by atoms with Crippen LogP contribution in [0.2, 0.25) is 0 Å². The average Bonchev–Trinajstić information content (AvgIpc) is 2.65. The zero-order valence-electron chi connectivity index (χ0n) is 14.6. The quantitative estimate of drug-likeness (QED) is 0.630. The predicted molar refractivity (Wildman–Crippen MR) is 105 cm³/mol. The molecule has 0 aliphatic carbocycles. The van der Waals surface area contributed by atoms with Crippen LogP contribution >= 0.6 is 15.9 Å². The van der Waals surface area contributed by atoms with Crippen molar-refractivity contribution in [2.75, 3.05) is 38.1 Å². The van der Waals surface area contributed by atoms with E-state index in [4.69, 9.17) is 0 Å². The summed E-state index contributed by atoms with van der Waals surface area (Å²) < 4.78 is 1.11. The summed E-state index contributed by atoms with van der Waals surface area (Å²) in [6.45, 7) is 6.48. The van der Waals surface area contributed by atoms with Crippen LogP contribution in [0.25, 0.3) is 0 Å². The molecule has 1 aromatic carbocycles. The van der Waals surface area contributed by atoms with Crippen LogP contribution in [0.1, 0.15) is 11.1 Å². The lowest BCUT2D eigenvalue weighted by Gasteiger charge is -2.36. The molecule has 0 spiro atoms. The molecule has 1 fully saturated rings. The van der Waals surface area contributed by atoms with Gasteiger partial charge in [0.15, 0.2) is 5.96 Å². The van der Waals surface area contributed by atoms with Crippen molar-refractivity contribution in [3.05, 3.63) is 52.3 Å². The van der Waals surface area contributed by atoms with Gasteiger partial charge in [-0.1, -0.05) is 22.0 Å². The molecule has 6 nitrogen and oxygen atoms in total. The first kappa shape index (κ1) is 17.7. The Kier molecular flexibility index (Phi) is 5.86. The lowest BCUT2D eigenvalue weighted by molar-refractivity contribution is 0.370. The highest BCUT2D eigenvalue weighted by Gasteiger charge is 2.21. The van der Waals surface area contributed by atoms with Crippen LogP contribution in [0, 0.1) is 6.92 Å². The number of rotatable bonds is 3. The average molecular weight is 403 g/mol. The van der Waals surface area contributed by atoms with Crippen molar-refractivity contribution < 1.29 is 0 Å². The summed E-state index contributed by atoms with van der Waals surface area (Å²) >= 11 is 3.51. The predicted octanol–water partition coefficient (Wildman–Crippen LogP) is 2.45. The number of halogens is 1. The minimum absolute atomic E-state index is 0.772. The second-order valence-electron chi connectivity index (χ2n) is 5.99. The molecule has 1 aromatic heterocycles. The summed E-state index contributed by atoms with van der Waals surface area (Å²) in [7, 11) is 1.84. The third kappa shape index (κ3) is 4.48. The summed E-state index contributed by atoms with van der Waals surface area (Å²) in [5.74, 6) is 1.74. The highest BCUT2D eigenvalue weighted by Crippen LogP contribution is 2.16. The number of nitrogens with zero attached hydrogens (tertiary/aromatic N) is 5. The minimum atomic E-state index is 0.772. The fourth-order valence-electron chi connectivity index (χ4n) is 2.94. The van der Waals surface area contributed by atoms with E-state index in [-0.39, 0.29) is 0 Å². The SMILES string of the molecule is CN=C(NCc1ccc(Br)cc1C)N1CCN(c2ncccn2)CC1. The number of hydrogen-bond donors (Lipinski definition) is 1. The van der Waals surface area contributed by atoms with Gasteiger partial charge in [0.25, 0.3) is 0 Å². The maximum absolute atomic E-state index is 4.44. The van der Waals surface area contributed by atoms with Crippen molar-refractivity contribution in [3.63, 3.8) is 0 Å². The third-order valence-corrected chi connectivity index (χ3v) is 4.86. The first-order valence-electron chi connectivity index (χ1n) is 8.40. The first-order chi connectivity index (χ1) is 12.2. The number of aryl methyl sites for hydroxylation is 1. The maximum atomic E-state index is 4.44. The summed E-state index contributed by atoms with van der Waals surface area (Å²) in [6, 6.07) is 8.20. The first-order valence-corrected chi connectivity index (χ1v) is 9.19. The molecule has 1 N–H and O–H groups in total. The molecule has 1 aliphatic heterocycles. The van der Waals surface area contributed by atoms with Crippen LogP contribution in [-0.4, -0.2) is 54.1 Å². The van der Waals surface area contributed by atoms with Crippen LogP contribution in [0.5, 0.6) is 0 Å². The van der Waals surface area contributed by atoms with E-state index >= 15 is 0 Å². The number of aliphatic imine (C=N–C) groups is 1. The smallest absolute Gasteiger partial charge is 0.225 e. The Bertz CT molecular complexity index is 726. The molecular formula is C18H23BrN6. The molecule has 3 rings (SSSR count). The van der Waals surface area contributed by atoms with Gasteiger partial charge in [0.05, 0.1) is 0 Å². The van der Waals surface area contributed by atoms with Gasteiger partial charge in [-0.15, -0.1) is 0 Å².